The van der Waals surface area contributed by atoms with Crippen LogP contribution in [0.15, 0.2) is 24.3 Å². The molecule has 0 saturated carbocycles. The van der Waals surface area contributed by atoms with E-state index < -0.39 is 6.23 Å². The third kappa shape index (κ3) is 4.58. The molecule has 2 atom stereocenters. The van der Waals surface area contributed by atoms with Crippen molar-refractivity contribution >= 4 is 28.7 Å². The molecule has 0 radical (unpaired) electrons. The first-order valence-corrected chi connectivity index (χ1v) is 10.2. The lowest BCUT2D eigenvalue weighted by Gasteiger charge is -2.37. The Labute approximate surface area is 179 Å². The van der Waals surface area contributed by atoms with Gasteiger partial charge in [0.25, 0.3) is 0 Å². The third-order valence-corrected chi connectivity index (χ3v) is 5.28. The quantitative estimate of drug-likeness (QED) is 0.341. The Morgan fingerprint density at radius 3 is 2.65 bits per heavy atom. The van der Waals surface area contributed by atoms with Crippen molar-refractivity contribution in [3.8, 4) is 17.0 Å². The number of nitrogens with one attached hydrogen (secondary N) is 1. The number of nitrogens with zero attached hydrogens (tertiary/aromatic N) is 5. The molecular formula is C20H27N9O2. The number of ether oxygens (including phenoxy) is 1. The Hall–Kier alpha value is -3.28. The highest BCUT2D eigenvalue weighted by atomic mass is 16.5. The van der Waals surface area contributed by atoms with Crippen molar-refractivity contribution in [1.82, 2.24) is 30.2 Å². The van der Waals surface area contributed by atoms with Crippen LogP contribution in [-0.4, -0.2) is 68.5 Å². The topological polar surface area (TPSA) is 174 Å². The largest absolute Gasteiger partial charge is 0.494 e. The Balaban J connectivity index is 1.39. The first kappa shape index (κ1) is 21.0. The average molecular weight is 425 g/mol. The van der Waals surface area contributed by atoms with Gasteiger partial charge in [-0.25, -0.2) is 9.97 Å². The molecule has 1 aromatic carbocycles. The maximum atomic E-state index is 10.2. The maximum Gasteiger partial charge on any atom is 0.224 e. The molecule has 1 fully saturated rings. The highest BCUT2D eigenvalue weighted by molar-refractivity contribution is 5.87. The summed E-state index contributed by atoms with van der Waals surface area (Å²) in [5.41, 5.74) is 19.4. The molecule has 164 valence electrons. The highest BCUT2D eigenvalue weighted by Gasteiger charge is 2.25. The van der Waals surface area contributed by atoms with E-state index in [9.17, 15) is 5.11 Å². The van der Waals surface area contributed by atoms with Crippen molar-refractivity contribution < 1.29 is 9.84 Å². The number of aliphatic hydroxyl groups is 1. The van der Waals surface area contributed by atoms with Crippen molar-refractivity contribution in [2.45, 2.75) is 25.6 Å². The molecule has 0 amide bonds. The van der Waals surface area contributed by atoms with Crippen LogP contribution in [0.1, 0.15) is 13.3 Å². The van der Waals surface area contributed by atoms with Crippen molar-refractivity contribution in [1.29, 1.82) is 0 Å². The zero-order valence-corrected chi connectivity index (χ0v) is 17.3. The van der Waals surface area contributed by atoms with E-state index in [1.807, 2.05) is 31.2 Å². The summed E-state index contributed by atoms with van der Waals surface area (Å²) in [5, 5.41) is 13.4. The minimum absolute atomic E-state index is 0.0222. The van der Waals surface area contributed by atoms with Gasteiger partial charge in [0, 0.05) is 31.2 Å². The second-order valence-corrected chi connectivity index (χ2v) is 7.52. The number of aliphatic hydroxyl groups excluding tert-OH is 1. The summed E-state index contributed by atoms with van der Waals surface area (Å²) in [4.78, 5) is 18.8. The van der Waals surface area contributed by atoms with Gasteiger partial charge in [0.1, 0.15) is 17.7 Å². The summed E-state index contributed by atoms with van der Waals surface area (Å²) in [6.07, 6.45) is 0.356. The lowest BCUT2D eigenvalue weighted by Crippen LogP contribution is -2.56. The monoisotopic (exact) mass is 425 g/mol. The number of piperazine rings is 1. The van der Waals surface area contributed by atoms with Gasteiger partial charge in [-0.05, 0) is 37.6 Å². The summed E-state index contributed by atoms with van der Waals surface area (Å²) in [6, 6.07) is 7.50. The first-order chi connectivity index (χ1) is 14.9. The standard InChI is InChI=1S/C20H27N9O2/c1-11-19(30)29(9-7-24-11)8-2-10-31-13-5-3-12(4-6-13)14-16(21)26-18-15(25-14)17(22)27-20(23)28-18/h3-6,11,19,24,30H,2,7-10H2,1H3,(H6,21,22,23,26,27,28). The minimum atomic E-state index is -0.461. The van der Waals surface area contributed by atoms with E-state index in [0.717, 1.165) is 37.4 Å². The summed E-state index contributed by atoms with van der Waals surface area (Å²) >= 11 is 0. The summed E-state index contributed by atoms with van der Waals surface area (Å²) in [6.45, 7) is 5.03. The molecule has 8 N–H and O–H groups in total. The number of rotatable bonds is 6. The van der Waals surface area contributed by atoms with E-state index in [1.165, 1.54) is 0 Å². The predicted molar refractivity (Wildman–Crippen MR) is 119 cm³/mol. The van der Waals surface area contributed by atoms with E-state index >= 15 is 0 Å². The van der Waals surface area contributed by atoms with Crippen molar-refractivity contribution in [2.75, 3.05) is 43.4 Å². The lowest BCUT2D eigenvalue weighted by atomic mass is 10.1. The van der Waals surface area contributed by atoms with Crippen LogP contribution in [0.5, 0.6) is 5.75 Å². The molecule has 2 unspecified atom stereocenters. The van der Waals surface area contributed by atoms with Crippen LogP contribution in [0.3, 0.4) is 0 Å². The fourth-order valence-electron chi connectivity index (χ4n) is 3.61. The molecule has 3 heterocycles. The molecule has 1 aliphatic rings. The van der Waals surface area contributed by atoms with Crippen LogP contribution < -0.4 is 27.3 Å². The van der Waals surface area contributed by atoms with E-state index in [4.69, 9.17) is 21.9 Å². The number of benzene rings is 1. The molecular weight excluding hydrogens is 398 g/mol. The fourth-order valence-corrected chi connectivity index (χ4v) is 3.61. The molecule has 1 saturated heterocycles. The van der Waals surface area contributed by atoms with Crippen LogP contribution in [0, 0.1) is 0 Å². The molecule has 1 aliphatic heterocycles. The second-order valence-electron chi connectivity index (χ2n) is 7.52. The Kier molecular flexibility index (Phi) is 5.98. The van der Waals surface area contributed by atoms with Gasteiger partial charge in [-0.3, -0.25) is 4.90 Å². The number of hydrogen-bond acceptors (Lipinski definition) is 11. The van der Waals surface area contributed by atoms with Crippen LogP contribution >= 0.6 is 0 Å². The van der Waals surface area contributed by atoms with E-state index in [1.54, 1.807) is 0 Å². The number of hydrogen-bond donors (Lipinski definition) is 5. The Morgan fingerprint density at radius 1 is 1.10 bits per heavy atom. The molecule has 0 bridgehead atoms. The van der Waals surface area contributed by atoms with E-state index in [0.29, 0.717) is 17.8 Å². The maximum absolute atomic E-state index is 10.2. The summed E-state index contributed by atoms with van der Waals surface area (Å²) in [7, 11) is 0. The number of nitrogens with two attached hydrogens (primary N) is 3. The normalized spacial score (nSPS) is 19.5. The van der Waals surface area contributed by atoms with E-state index in [-0.39, 0.29) is 29.3 Å². The third-order valence-electron chi connectivity index (χ3n) is 5.28. The number of aromatic nitrogens is 4. The van der Waals surface area contributed by atoms with Crippen LogP contribution in [-0.2, 0) is 0 Å². The smallest absolute Gasteiger partial charge is 0.224 e. The molecule has 2 aromatic heterocycles. The Morgan fingerprint density at radius 2 is 1.87 bits per heavy atom. The molecule has 4 rings (SSSR count). The number of nitrogen functional groups attached to an aromatic ring is 3. The van der Waals surface area contributed by atoms with Crippen LogP contribution in [0.2, 0.25) is 0 Å². The van der Waals surface area contributed by atoms with Gasteiger partial charge in [-0.15, -0.1) is 0 Å². The van der Waals surface area contributed by atoms with Gasteiger partial charge in [0.15, 0.2) is 22.8 Å². The first-order valence-electron chi connectivity index (χ1n) is 10.2. The molecule has 31 heavy (non-hydrogen) atoms. The van der Waals surface area contributed by atoms with Crippen LogP contribution in [0.4, 0.5) is 17.6 Å². The molecule has 11 heteroatoms. The van der Waals surface area contributed by atoms with Crippen LogP contribution in [0.25, 0.3) is 22.4 Å². The zero-order chi connectivity index (χ0) is 22.0. The second kappa shape index (κ2) is 8.84. The van der Waals surface area contributed by atoms with Crippen molar-refractivity contribution in [3.05, 3.63) is 24.3 Å². The van der Waals surface area contributed by atoms with Gasteiger partial charge in [0.2, 0.25) is 5.95 Å². The van der Waals surface area contributed by atoms with Crippen molar-refractivity contribution in [3.63, 3.8) is 0 Å². The molecule has 11 nitrogen and oxygen atoms in total. The number of anilines is 3. The molecule has 3 aromatic rings. The van der Waals surface area contributed by atoms with Gasteiger partial charge >= 0.3 is 0 Å². The van der Waals surface area contributed by atoms with Gasteiger partial charge in [0.05, 0.1) is 6.61 Å². The SMILES string of the molecule is CC1NCCN(CCCOc2ccc(-c3nc4c(N)nc(N)nc4nc3N)cc2)C1O. The average Bonchev–Trinajstić information content (AvgIpc) is 2.74. The fraction of sp³-hybridized carbons (Fsp3) is 0.400. The zero-order valence-electron chi connectivity index (χ0n) is 17.3. The number of fused-ring (bicyclic) bond motifs is 1. The molecule has 0 aliphatic carbocycles. The van der Waals surface area contributed by atoms with Gasteiger partial charge in [-0.2, -0.15) is 9.97 Å². The summed E-state index contributed by atoms with van der Waals surface area (Å²) in [5.74, 6) is 1.14. The molecule has 0 spiro atoms. The predicted octanol–water partition coefficient (Wildman–Crippen LogP) is 0.214. The summed E-state index contributed by atoms with van der Waals surface area (Å²) < 4.78 is 5.84. The lowest BCUT2D eigenvalue weighted by molar-refractivity contribution is -0.0413. The van der Waals surface area contributed by atoms with E-state index in [2.05, 4.69) is 30.2 Å². The van der Waals surface area contributed by atoms with Gasteiger partial charge < -0.3 is 32.4 Å². The highest BCUT2D eigenvalue weighted by Crippen LogP contribution is 2.27. The van der Waals surface area contributed by atoms with Gasteiger partial charge in [-0.1, -0.05) is 0 Å². The Bertz CT molecular complexity index is 1060. The van der Waals surface area contributed by atoms with Crippen molar-refractivity contribution in [2.24, 2.45) is 0 Å². The minimum Gasteiger partial charge on any atom is -0.494 e.